The number of nitrogens with one attached hydrogen (secondary N) is 3. The topological polar surface area (TPSA) is 79.0 Å². The molecule has 2 heterocycles. The van der Waals surface area contributed by atoms with Crippen LogP contribution in [0.15, 0.2) is 18.2 Å². The summed E-state index contributed by atoms with van der Waals surface area (Å²) in [5.74, 6) is 0.857. The normalized spacial score (nSPS) is 17.4. The van der Waals surface area contributed by atoms with E-state index >= 15 is 0 Å². The van der Waals surface area contributed by atoms with Gasteiger partial charge >= 0.3 is 0 Å². The minimum Gasteiger partial charge on any atom is -0.378 e. The largest absolute Gasteiger partial charge is 0.378 e. The lowest BCUT2D eigenvalue weighted by Crippen LogP contribution is -2.43. The summed E-state index contributed by atoms with van der Waals surface area (Å²) in [4.78, 5) is 19.5. The molecule has 1 atom stereocenters. The quantitative estimate of drug-likeness (QED) is 0.794. The molecule has 0 radical (unpaired) electrons. The van der Waals surface area contributed by atoms with Crippen molar-refractivity contribution in [3.05, 3.63) is 24.0 Å². The van der Waals surface area contributed by atoms with Crippen LogP contribution >= 0.6 is 24.8 Å². The molecule has 0 spiro atoms. The van der Waals surface area contributed by atoms with E-state index in [2.05, 4.69) is 20.6 Å². The maximum Gasteiger partial charge on any atom is 0.226 e. The minimum absolute atomic E-state index is 0. The smallest absolute Gasteiger partial charge is 0.226 e. The van der Waals surface area contributed by atoms with E-state index < -0.39 is 0 Å². The zero-order valence-electron chi connectivity index (χ0n) is 12.2. The van der Waals surface area contributed by atoms with Crippen molar-refractivity contribution in [3.8, 4) is 0 Å². The predicted molar refractivity (Wildman–Crippen MR) is 91.2 cm³/mol. The van der Waals surface area contributed by atoms with Crippen molar-refractivity contribution in [1.82, 2.24) is 15.3 Å². The van der Waals surface area contributed by atoms with Crippen LogP contribution in [0.2, 0.25) is 0 Å². The highest BCUT2D eigenvalue weighted by Crippen LogP contribution is 2.17. The summed E-state index contributed by atoms with van der Waals surface area (Å²) in [5, 5.41) is 6.18. The van der Waals surface area contributed by atoms with Crippen LogP contribution in [0.4, 0.5) is 5.69 Å². The van der Waals surface area contributed by atoms with Gasteiger partial charge in [-0.3, -0.25) is 4.79 Å². The molecule has 1 aliphatic heterocycles. The third-order valence-electron chi connectivity index (χ3n) is 3.31. The molecule has 2 aromatic rings. The summed E-state index contributed by atoms with van der Waals surface area (Å²) in [6, 6.07) is 5.77. The Kier molecular flexibility index (Phi) is 7.09. The van der Waals surface area contributed by atoms with Gasteiger partial charge in [0.15, 0.2) is 0 Å². The fourth-order valence-electron chi connectivity index (χ4n) is 2.40. The van der Waals surface area contributed by atoms with Crippen LogP contribution in [0.1, 0.15) is 12.2 Å². The summed E-state index contributed by atoms with van der Waals surface area (Å²) >= 11 is 0. The first-order valence-corrected chi connectivity index (χ1v) is 6.78. The Morgan fingerprint density at radius 2 is 2.27 bits per heavy atom. The molecule has 22 heavy (non-hydrogen) atoms. The number of hydrogen-bond donors (Lipinski definition) is 3. The number of fused-ring (bicyclic) bond motifs is 1. The Balaban J connectivity index is 0.00000121. The van der Waals surface area contributed by atoms with Gasteiger partial charge in [0.05, 0.1) is 24.2 Å². The second-order valence-electron chi connectivity index (χ2n) is 5.03. The Labute approximate surface area is 141 Å². The van der Waals surface area contributed by atoms with Gasteiger partial charge in [0.1, 0.15) is 5.82 Å². The van der Waals surface area contributed by atoms with Crippen molar-refractivity contribution in [3.63, 3.8) is 0 Å². The Bertz CT molecular complexity index is 626. The van der Waals surface area contributed by atoms with E-state index in [1.807, 2.05) is 25.1 Å². The standard InChI is InChI=1S/C14H18N4O2.2ClH/c1-9-16-12-3-2-10(6-13(12)17-9)18-14(19)7-11-8-20-5-4-15-11;;/h2-3,6,11,15H,4-5,7-8H2,1H3,(H,16,17)(H,18,19);2*1H. The molecule has 1 aromatic carbocycles. The number of ether oxygens (including phenoxy) is 1. The second-order valence-corrected chi connectivity index (χ2v) is 5.03. The molecule has 1 saturated heterocycles. The van der Waals surface area contributed by atoms with Gasteiger partial charge in [-0.1, -0.05) is 0 Å². The molecule has 0 bridgehead atoms. The van der Waals surface area contributed by atoms with Gasteiger partial charge < -0.3 is 20.4 Å². The number of carbonyl (C=O) groups excluding carboxylic acids is 1. The van der Waals surface area contributed by atoms with Crippen molar-refractivity contribution < 1.29 is 9.53 Å². The van der Waals surface area contributed by atoms with E-state index in [9.17, 15) is 4.79 Å². The zero-order chi connectivity index (χ0) is 13.9. The number of halogens is 2. The van der Waals surface area contributed by atoms with E-state index in [4.69, 9.17) is 4.74 Å². The first-order valence-electron chi connectivity index (χ1n) is 6.78. The lowest BCUT2D eigenvalue weighted by molar-refractivity contribution is -0.117. The highest BCUT2D eigenvalue weighted by molar-refractivity contribution is 5.93. The van der Waals surface area contributed by atoms with E-state index in [-0.39, 0.29) is 36.8 Å². The van der Waals surface area contributed by atoms with E-state index in [1.165, 1.54) is 0 Å². The van der Waals surface area contributed by atoms with Gasteiger partial charge in [-0.25, -0.2) is 4.98 Å². The van der Waals surface area contributed by atoms with Gasteiger partial charge in [0.25, 0.3) is 0 Å². The summed E-state index contributed by atoms with van der Waals surface area (Å²) in [6.45, 7) is 4.02. The number of morpholine rings is 1. The second kappa shape index (κ2) is 8.33. The minimum atomic E-state index is -0.0106. The number of aromatic amines is 1. The Morgan fingerprint density at radius 3 is 3.00 bits per heavy atom. The van der Waals surface area contributed by atoms with Crippen molar-refractivity contribution in [2.75, 3.05) is 25.1 Å². The molecule has 3 N–H and O–H groups in total. The molecule has 8 heteroatoms. The van der Waals surface area contributed by atoms with Crippen LogP contribution in [-0.4, -0.2) is 41.7 Å². The molecular formula is C14H20Cl2N4O2. The summed E-state index contributed by atoms with van der Waals surface area (Å²) in [6.07, 6.45) is 0.417. The lowest BCUT2D eigenvalue weighted by Gasteiger charge is -2.23. The molecule has 0 aliphatic carbocycles. The Morgan fingerprint density at radius 1 is 1.45 bits per heavy atom. The number of amides is 1. The fourth-order valence-corrected chi connectivity index (χ4v) is 2.40. The number of nitrogens with zero attached hydrogens (tertiary/aromatic N) is 1. The summed E-state index contributed by atoms with van der Waals surface area (Å²) in [5.41, 5.74) is 2.62. The number of rotatable bonds is 3. The number of benzene rings is 1. The number of H-pyrrole nitrogens is 1. The van der Waals surface area contributed by atoms with Gasteiger partial charge in [0.2, 0.25) is 5.91 Å². The number of aromatic nitrogens is 2. The average molecular weight is 347 g/mol. The number of anilines is 1. The molecule has 1 fully saturated rings. The lowest BCUT2D eigenvalue weighted by atomic mass is 10.2. The molecule has 122 valence electrons. The van der Waals surface area contributed by atoms with Crippen LogP contribution in [0.5, 0.6) is 0 Å². The highest BCUT2D eigenvalue weighted by Gasteiger charge is 2.16. The van der Waals surface area contributed by atoms with Crippen LogP contribution in [0, 0.1) is 6.92 Å². The number of carbonyl (C=O) groups is 1. The Hall–Kier alpha value is -1.34. The third-order valence-corrected chi connectivity index (χ3v) is 3.31. The van der Waals surface area contributed by atoms with Crippen molar-refractivity contribution in [1.29, 1.82) is 0 Å². The number of aryl methyl sites for hydroxylation is 1. The van der Waals surface area contributed by atoms with Crippen molar-refractivity contribution >= 4 is 47.4 Å². The van der Waals surface area contributed by atoms with Gasteiger partial charge in [0, 0.05) is 24.7 Å². The molecule has 0 saturated carbocycles. The van der Waals surface area contributed by atoms with Crippen molar-refractivity contribution in [2.24, 2.45) is 0 Å². The SMILES string of the molecule is Cc1nc2ccc(NC(=O)CC3COCCN3)cc2[nH]1.Cl.Cl. The first-order chi connectivity index (χ1) is 9.70. The van der Waals surface area contributed by atoms with E-state index in [0.29, 0.717) is 19.6 Å². The summed E-state index contributed by atoms with van der Waals surface area (Å²) < 4.78 is 5.34. The van der Waals surface area contributed by atoms with Crippen LogP contribution in [0.3, 0.4) is 0 Å². The maximum absolute atomic E-state index is 12.0. The predicted octanol–water partition coefficient (Wildman–Crippen LogP) is 2.03. The monoisotopic (exact) mass is 346 g/mol. The van der Waals surface area contributed by atoms with E-state index in [1.54, 1.807) is 0 Å². The number of hydrogen-bond acceptors (Lipinski definition) is 4. The van der Waals surface area contributed by atoms with Gasteiger partial charge in [-0.05, 0) is 25.1 Å². The maximum atomic E-state index is 12.0. The molecule has 1 aromatic heterocycles. The van der Waals surface area contributed by atoms with Crippen LogP contribution in [-0.2, 0) is 9.53 Å². The molecule has 1 unspecified atom stereocenters. The summed E-state index contributed by atoms with van der Waals surface area (Å²) in [7, 11) is 0. The fraction of sp³-hybridized carbons (Fsp3) is 0.429. The molecule has 1 aliphatic rings. The molecular weight excluding hydrogens is 327 g/mol. The van der Waals surface area contributed by atoms with Gasteiger partial charge in [-0.2, -0.15) is 0 Å². The van der Waals surface area contributed by atoms with Gasteiger partial charge in [-0.15, -0.1) is 24.8 Å². The first kappa shape index (κ1) is 18.7. The number of imidazole rings is 1. The average Bonchev–Trinajstić information content (AvgIpc) is 2.79. The van der Waals surface area contributed by atoms with E-state index in [0.717, 1.165) is 29.1 Å². The highest BCUT2D eigenvalue weighted by atomic mass is 35.5. The zero-order valence-corrected chi connectivity index (χ0v) is 13.9. The molecule has 3 rings (SSSR count). The van der Waals surface area contributed by atoms with Crippen molar-refractivity contribution in [2.45, 2.75) is 19.4 Å². The molecule has 6 nitrogen and oxygen atoms in total. The van der Waals surface area contributed by atoms with Crippen LogP contribution < -0.4 is 10.6 Å². The third kappa shape index (κ3) is 4.58. The molecule has 1 amide bonds. The van der Waals surface area contributed by atoms with Crippen LogP contribution in [0.25, 0.3) is 11.0 Å².